The predicted octanol–water partition coefficient (Wildman–Crippen LogP) is 6.67. The Hall–Kier alpha value is -3.12. The summed E-state index contributed by atoms with van der Waals surface area (Å²) in [7, 11) is 0. The number of anilines is 1. The average molecular weight is 479 g/mol. The summed E-state index contributed by atoms with van der Waals surface area (Å²) in [6.07, 6.45) is 0. The first-order valence-electron chi connectivity index (χ1n) is 9.95. The summed E-state index contributed by atoms with van der Waals surface area (Å²) in [5, 5.41) is 2.93. The molecule has 6 heteroatoms. The maximum Gasteiger partial charge on any atom is 0.267 e. The molecule has 1 aromatic heterocycles. The molecule has 1 N–H and O–H groups in total. The van der Waals surface area contributed by atoms with Crippen molar-refractivity contribution in [1.29, 1.82) is 0 Å². The number of halogens is 1. The topological polar surface area (TPSA) is 64.4 Å². The van der Waals surface area contributed by atoms with E-state index in [1.165, 1.54) is 5.56 Å². The van der Waals surface area contributed by atoms with Gasteiger partial charge in [-0.15, -0.1) is 0 Å². The molecule has 5 nitrogen and oxygen atoms in total. The number of aryl methyl sites for hydroxylation is 2. The molecule has 4 aromatic rings. The number of amides is 1. The Kier molecular flexibility index (Phi) is 5.58. The number of carbonyl (C=O) groups is 1. The molecule has 31 heavy (non-hydrogen) atoms. The molecule has 0 aliphatic carbocycles. The van der Waals surface area contributed by atoms with Crippen LogP contribution in [-0.2, 0) is 4.79 Å². The van der Waals surface area contributed by atoms with Crippen LogP contribution in [0.25, 0.3) is 22.6 Å². The number of aromatic nitrogens is 1. The first kappa shape index (κ1) is 21.1. The van der Waals surface area contributed by atoms with Gasteiger partial charge in [0.05, 0.1) is 0 Å². The summed E-state index contributed by atoms with van der Waals surface area (Å²) in [4.78, 5) is 17.5. The number of nitrogens with one attached hydrogen (secondary N) is 1. The maximum atomic E-state index is 12.9. The number of hydrogen-bond donors (Lipinski definition) is 1. The monoisotopic (exact) mass is 478 g/mol. The van der Waals surface area contributed by atoms with Crippen molar-refractivity contribution in [3.05, 3.63) is 76.3 Å². The number of ether oxygens (including phenoxy) is 1. The smallest absolute Gasteiger partial charge is 0.267 e. The first-order chi connectivity index (χ1) is 14.7. The van der Waals surface area contributed by atoms with Gasteiger partial charge in [-0.25, -0.2) is 4.98 Å². The van der Waals surface area contributed by atoms with E-state index in [1.54, 1.807) is 13.8 Å². The summed E-state index contributed by atoms with van der Waals surface area (Å²) in [6.45, 7) is 7.57. The molecular formula is C25H23BrN2O3. The molecule has 0 spiro atoms. The molecule has 0 saturated carbocycles. The lowest BCUT2D eigenvalue weighted by Gasteiger charge is -2.25. The van der Waals surface area contributed by atoms with Gasteiger partial charge in [-0.2, -0.15) is 0 Å². The average Bonchev–Trinajstić information content (AvgIpc) is 3.13. The molecule has 4 rings (SSSR count). The third-order valence-electron chi connectivity index (χ3n) is 5.10. The van der Waals surface area contributed by atoms with Crippen LogP contribution >= 0.6 is 15.9 Å². The zero-order chi connectivity index (χ0) is 22.2. The maximum absolute atomic E-state index is 12.9. The van der Waals surface area contributed by atoms with Crippen LogP contribution in [0.1, 0.15) is 25.0 Å². The van der Waals surface area contributed by atoms with Gasteiger partial charge in [0, 0.05) is 15.7 Å². The van der Waals surface area contributed by atoms with E-state index in [-0.39, 0.29) is 5.91 Å². The molecule has 3 aromatic carbocycles. The molecule has 1 amide bonds. The standard InChI is InChI=1S/C25H23BrN2O3/c1-15-12-21-22(13-16(15)2)30-23(28-21)17-6-5-7-19(14-17)27-24(29)25(3,4)31-20-10-8-18(26)9-11-20/h5-14H,1-4H3,(H,27,29). The minimum Gasteiger partial charge on any atom is -0.478 e. The van der Waals surface area contributed by atoms with Crippen LogP contribution in [0.5, 0.6) is 5.75 Å². The van der Waals surface area contributed by atoms with E-state index >= 15 is 0 Å². The van der Waals surface area contributed by atoms with Crippen molar-refractivity contribution in [3.8, 4) is 17.2 Å². The van der Waals surface area contributed by atoms with Crippen molar-refractivity contribution >= 4 is 38.6 Å². The lowest BCUT2D eigenvalue weighted by molar-refractivity contribution is -0.128. The van der Waals surface area contributed by atoms with Gasteiger partial charge >= 0.3 is 0 Å². The van der Waals surface area contributed by atoms with Gasteiger partial charge < -0.3 is 14.5 Å². The second-order valence-electron chi connectivity index (χ2n) is 8.02. The zero-order valence-corrected chi connectivity index (χ0v) is 19.4. The van der Waals surface area contributed by atoms with E-state index in [2.05, 4.69) is 33.2 Å². The minimum absolute atomic E-state index is 0.253. The third-order valence-corrected chi connectivity index (χ3v) is 5.63. The Morgan fingerprint density at radius 2 is 1.74 bits per heavy atom. The van der Waals surface area contributed by atoms with Crippen molar-refractivity contribution in [2.75, 3.05) is 5.32 Å². The van der Waals surface area contributed by atoms with Crippen LogP contribution in [-0.4, -0.2) is 16.5 Å². The van der Waals surface area contributed by atoms with Gasteiger partial charge in [0.2, 0.25) is 5.89 Å². The molecule has 0 saturated heterocycles. The number of rotatable bonds is 5. The molecular weight excluding hydrogens is 456 g/mol. The normalized spacial score (nSPS) is 11.5. The van der Waals surface area contributed by atoms with Crippen LogP contribution in [0.4, 0.5) is 5.69 Å². The molecule has 0 bridgehead atoms. The lowest BCUT2D eigenvalue weighted by atomic mass is 10.1. The van der Waals surface area contributed by atoms with E-state index in [0.717, 1.165) is 26.7 Å². The second-order valence-corrected chi connectivity index (χ2v) is 8.94. The lowest BCUT2D eigenvalue weighted by Crippen LogP contribution is -2.42. The Labute approximate surface area is 189 Å². The summed E-state index contributed by atoms with van der Waals surface area (Å²) in [5.41, 5.74) is 4.26. The molecule has 0 aliphatic heterocycles. The van der Waals surface area contributed by atoms with Crippen LogP contribution in [0.3, 0.4) is 0 Å². The van der Waals surface area contributed by atoms with Gasteiger partial charge in [-0.3, -0.25) is 4.79 Å². The van der Waals surface area contributed by atoms with Crippen molar-refractivity contribution < 1.29 is 13.9 Å². The fourth-order valence-electron chi connectivity index (χ4n) is 3.16. The van der Waals surface area contributed by atoms with Crippen LogP contribution in [0.15, 0.2) is 69.6 Å². The molecule has 158 valence electrons. The van der Waals surface area contributed by atoms with E-state index in [1.807, 2.05) is 67.6 Å². The van der Waals surface area contributed by atoms with E-state index in [9.17, 15) is 4.79 Å². The summed E-state index contributed by atoms with van der Waals surface area (Å²) in [6, 6.07) is 18.8. The van der Waals surface area contributed by atoms with E-state index in [4.69, 9.17) is 9.15 Å². The van der Waals surface area contributed by atoms with Crippen LogP contribution < -0.4 is 10.1 Å². The highest BCUT2D eigenvalue weighted by atomic mass is 79.9. The van der Waals surface area contributed by atoms with Gasteiger partial charge in [-0.05, 0) is 93.4 Å². The molecule has 0 aliphatic rings. The number of nitrogens with zero attached hydrogens (tertiary/aromatic N) is 1. The summed E-state index contributed by atoms with van der Waals surface area (Å²) in [5.74, 6) is 0.881. The third kappa shape index (κ3) is 4.64. The van der Waals surface area contributed by atoms with Crippen molar-refractivity contribution in [2.45, 2.75) is 33.3 Å². The largest absolute Gasteiger partial charge is 0.478 e. The number of fused-ring (bicyclic) bond motifs is 1. The summed E-state index contributed by atoms with van der Waals surface area (Å²) >= 11 is 3.39. The minimum atomic E-state index is -1.06. The molecule has 0 unspecified atom stereocenters. The SMILES string of the molecule is Cc1cc2nc(-c3cccc(NC(=O)C(C)(C)Oc4ccc(Br)cc4)c3)oc2cc1C. The van der Waals surface area contributed by atoms with Crippen LogP contribution in [0, 0.1) is 13.8 Å². The molecule has 1 heterocycles. The predicted molar refractivity (Wildman–Crippen MR) is 126 cm³/mol. The second kappa shape index (κ2) is 8.19. The Morgan fingerprint density at radius 1 is 1.03 bits per heavy atom. The number of benzene rings is 3. The molecule has 0 fully saturated rings. The van der Waals surface area contributed by atoms with E-state index in [0.29, 0.717) is 17.3 Å². The highest BCUT2D eigenvalue weighted by Gasteiger charge is 2.30. The van der Waals surface area contributed by atoms with Gasteiger partial charge in [0.25, 0.3) is 5.91 Å². The zero-order valence-electron chi connectivity index (χ0n) is 17.8. The number of hydrogen-bond acceptors (Lipinski definition) is 4. The Bertz CT molecular complexity index is 1220. The Balaban J connectivity index is 1.54. The van der Waals surface area contributed by atoms with Crippen molar-refractivity contribution in [3.63, 3.8) is 0 Å². The fourth-order valence-corrected chi connectivity index (χ4v) is 3.42. The van der Waals surface area contributed by atoms with Gasteiger partial charge in [-0.1, -0.05) is 22.0 Å². The van der Waals surface area contributed by atoms with E-state index < -0.39 is 5.60 Å². The highest BCUT2D eigenvalue weighted by molar-refractivity contribution is 9.10. The van der Waals surface area contributed by atoms with Gasteiger partial charge in [0.1, 0.15) is 11.3 Å². The quantitative estimate of drug-likeness (QED) is 0.347. The highest BCUT2D eigenvalue weighted by Crippen LogP contribution is 2.28. The van der Waals surface area contributed by atoms with Gasteiger partial charge in [0.15, 0.2) is 11.2 Å². The first-order valence-corrected chi connectivity index (χ1v) is 10.7. The number of carbonyl (C=O) groups excluding carboxylic acids is 1. The van der Waals surface area contributed by atoms with Crippen LogP contribution in [0.2, 0.25) is 0 Å². The van der Waals surface area contributed by atoms with Crippen molar-refractivity contribution in [2.24, 2.45) is 0 Å². The number of oxazole rings is 1. The molecule has 0 atom stereocenters. The Morgan fingerprint density at radius 3 is 2.48 bits per heavy atom. The summed E-state index contributed by atoms with van der Waals surface area (Å²) < 4.78 is 12.8. The fraction of sp³-hybridized carbons (Fsp3) is 0.200. The molecule has 0 radical (unpaired) electrons. The van der Waals surface area contributed by atoms with Crippen molar-refractivity contribution in [1.82, 2.24) is 4.98 Å².